The van der Waals surface area contributed by atoms with E-state index in [1.54, 1.807) is 0 Å². The maximum absolute atomic E-state index is 13.7. The second kappa shape index (κ2) is 8.13. The molecule has 0 atom stereocenters. The van der Waals surface area contributed by atoms with Crippen molar-refractivity contribution in [2.45, 2.75) is 17.6 Å². The molecule has 2 aromatic heterocycles. The van der Waals surface area contributed by atoms with Gasteiger partial charge in [-0.1, -0.05) is 22.6 Å². The van der Waals surface area contributed by atoms with E-state index in [-0.39, 0.29) is 28.6 Å². The lowest BCUT2D eigenvalue weighted by atomic mass is 10.2. The van der Waals surface area contributed by atoms with Crippen LogP contribution in [0, 0.1) is 5.82 Å². The minimum atomic E-state index is -3.09. The highest BCUT2D eigenvalue weighted by atomic mass is 127. The fourth-order valence-corrected chi connectivity index (χ4v) is 3.08. The van der Waals surface area contributed by atoms with Gasteiger partial charge in [0, 0.05) is 16.3 Å². The molecule has 0 saturated carbocycles. The summed E-state index contributed by atoms with van der Waals surface area (Å²) < 4.78 is 44.8. The molecule has 10 heteroatoms. The number of ether oxygens (including phenoxy) is 1. The lowest BCUT2D eigenvalue weighted by Crippen LogP contribution is -2.22. The van der Waals surface area contributed by atoms with Crippen LogP contribution in [0.25, 0.3) is 5.65 Å². The van der Waals surface area contributed by atoms with Crippen molar-refractivity contribution in [3.63, 3.8) is 0 Å². The van der Waals surface area contributed by atoms with Crippen LogP contribution in [-0.2, 0) is 11.0 Å². The lowest BCUT2D eigenvalue weighted by molar-refractivity contribution is -0.0491. The van der Waals surface area contributed by atoms with E-state index >= 15 is 0 Å². The lowest BCUT2D eigenvalue weighted by Gasteiger charge is -2.14. The van der Waals surface area contributed by atoms with Gasteiger partial charge in [0.1, 0.15) is 11.6 Å². The number of aromatic nitrogens is 2. The number of aliphatic hydroxyl groups is 1. The molecule has 0 amide bonds. The van der Waals surface area contributed by atoms with Crippen LogP contribution in [0.2, 0.25) is 0 Å². The number of alkyl halides is 3. The summed E-state index contributed by atoms with van der Waals surface area (Å²) in [7, 11) is 0. The van der Waals surface area contributed by atoms with Crippen molar-refractivity contribution in [2.75, 3.05) is 5.32 Å². The highest BCUT2D eigenvalue weighted by Crippen LogP contribution is 2.25. The van der Waals surface area contributed by atoms with Crippen LogP contribution in [0.5, 0.6) is 5.75 Å². The summed E-state index contributed by atoms with van der Waals surface area (Å²) in [5.74, 6) is -0.695. The Morgan fingerprint density at radius 1 is 1.33 bits per heavy atom. The van der Waals surface area contributed by atoms with Gasteiger partial charge in [0.05, 0.1) is 12.2 Å². The molecule has 27 heavy (non-hydrogen) atoms. The first-order chi connectivity index (χ1) is 12.9. The van der Waals surface area contributed by atoms with Crippen molar-refractivity contribution in [1.82, 2.24) is 9.38 Å². The number of hydrogen-bond acceptors (Lipinski definition) is 5. The van der Waals surface area contributed by atoms with Crippen LogP contribution in [0.3, 0.4) is 0 Å². The first kappa shape index (κ1) is 19.4. The summed E-state index contributed by atoms with van der Waals surface area (Å²) in [6.07, 6.45) is 1.33. The molecule has 0 bridgehead atoms. The van der Waals surface area contributed by atoms with Gasteiger partial charge < -0.3 is 15.2 Å². The van der Waals surface area contributed by atoms with Gasteiger partial charge in [-0.05, 0) is 35.9 Å². The molecule has 1 aromatic carbocycles. The first-order valence-electron chi connectivity index (χ1n) is 7.66. The summed E-state index contributed by atoms with van der Waals surface area (Å²) in [5, 5.41) is 12.4. The highest BCUT2D eigenvalue weighted by molar-refractivity contribution is 14.1. The van der Waals surface area contributed by atoms with Crippen LogP contribution < -0.4 is 15.6 Å². The molecule has 6 nitrogen and oxygen atoms in total. The molecule has 0 aliphatic carbocycles. The smallest absolute Gasteiger partial charge is 0.387 e. The molecule has 0 radical (unpaired) electrons. The number of halogens is 4. The van der Waals surface area contributed by atoms with Gasteiger partial charge in [0.25, 0.3) is 5.56 Å². The Morgan fingerprint density at radius 3 is 2.78 bits per heavy atom. The minimum absolute atomic E-state index is 0.0289. The highest BCUT2D eigenvalue weighted by Gasteiger charge is 2.17. The Bertz CT molecular complexity index is 1040. The number of rotatable bonds is 6. The normalized spacial score (nSPS) is 11.2. The summed E-state index contributed by atoms with van der Waals surface area (Å²) >= 11 is 2.01. The van der Waals surface area contributed by atoms with E-state index in [9.17, 15) is 23.1 Å². The molecule has 142 valence electrons. The topological polar surface area (TPSA) is 75.9 Å². The van der Waals surface area contributed by atoms with E-state index in [0.29, 0.717) is 15.7 Å². The quantitative estimate of drug-likeness (QED) is 0.407. The predicted molar refractivity (Wildman–Crippen MR) is 101 cm³/mol. The molecule has 2 N–H and O–H groups in total. The van der Waals surface area contributed by atoms with Gasteiger partial charge in [0.15, 0.2) is 11.4 Å². The molecule has 3 aromatic rings. The number of nitrogens with one attached hydrogen (secondary N) is 1. The number of benzene rings is 1. The fourth-order valence-electron chi connectivity index (χ4n) is 2.50. The van der Waals surface area contributed by atoms with Gasteiger partial charge in [-0.3, -0.25) is 9.20 Å². The number of hydrogen-bond donors (Lipinski definition) is 2. The summed E-state index contributed by atoms with van der Waals surface area (Å²) in [6.45, 7) is -3.72. The third kappa shape index (κ3) is 4.00. The average molecular weight is 491 g/mol. The third-order valence-electron chi connectivity index (χ3n) is 3.74. The Kier molecular flexibility index (Phi) is 5.85. The van der Waals surface area contributed by atoms with Crippen LogP contribution in [0.1, 0.15) is 11.1 Å². The second-order valence-corrected chi connectivity index (χ2v) is 6.17. The molecular weight excluding hydrogens is 478 g/mol. The van der Waals surface area contributed by atoms with Gasteiger partial charge >= 0.3 is 6.61 Å². The largest absolute Gasteiger partial charge is 0.431 e. The molecule has 3 rings (SSSR count). The van der Waals surface area contributed by atoms with Gasteiger partial charge in [-0.25, -0.2) is 9.37 Å². The second-order valence-electron chi connectivity index (χ2n) is 5.41. The monoisotopic (exact) mass is 491 g/mol. The molecule has 0 unspecified atom stereocenters. The van der Waals surface area contributed by atoms with E-state index in [1.165, 1.54) is 36.5 Å². The van der Waals surface area contributed by atoms with E-state index in [4.69, 9.17) is 0 Å². The summed E-state index contributed by atoms with van der Waals surface area (Å²) in [4.78, 5) is 16.8. The molecule has 0 saturated heterocycles. The standard InChI is InChI=1S/C17H13F3IN3O3/c18-12-4-3-10(6-9(12)7-21)22-14-11(8-25)16(26)24-5-1-2-13(15(24)23-14)27-17(19)20/h1-6,17,22,25H,7-8H2. The molecular formula is C17H13F3IN3O3. The maximum Gasteiger partial charge on any atom is 0.387 e. The molecule has 0 fully saturated rings. The van der Waals surface area contributed by atoms with Gasteiger partial charge in [0.2, 0.25) is 0 Å². The van der Waals surface area contributed by atoms with Crippen molar-refractivity contribution in [1.29, 1.82) is 0 Å². The fraction of sp³-hybridized carbons (Fsp3) is 0.176. The SMILES string of the molecule is O=c1c(CO)c(Nc2ccc(F)c(CI)c2)nc2c(OC(F)F)cccn12. The summed E-state index contributed by atoms with van der Waals surface area (Å²) in [6, 6.07) is 6.84. The predicted octanol–water partition coefficient (Wildman–Crippen LogP) is 3.61. The first-order valence-corrected chi connectivity index (χ1v) is 9.18. The molecule has 2 heterocycles. The minimum Gasteiger partial charge on any atom is -0.431 e. The Labute approximate surface area is 164 Å². The number of aliphatic hydroxyl groups excluding tert-OH is 1. The van der Waals surface area contributed by atoms with Gasteiger partial charge in [-0.2, -0.15) is 8.78 Å². The molecule has 0 aliphatic rings. The average Bonchev–Trinajstić information content (AvgIpc) is 2.64. The van der Waals surface area contributed by atoms with E-state index < -0.39 is 18.8 Å². The number of pyridine rings is 1. The van der Waals surface area contributed by atoms with Gasteiger partial charge in [-0.15, -0.1) is 0 Å². The number of anilines is 2. The van der Waals surface area contributed by atoms with Crippen molar-refractivity contribution in [3.05, 3.63) is 63.8 Å². The zero-order valence-electron chi connectivity index (χ0n) is 13.6. The third-order valence-corrected chi connectivity index (χ3v) is 4.56. The van der Waals surface area contributed by atoms with Crippen molar-refractivity contribution in [3.8, 4) is 5.75 Å². The van der Waals surface area contributed by atoms with Crippen LogP contribution in [-0.4, -0.2) is 21.1 Å². The Balaban J connectivity index is 2.15. The van der Waals surface area contributed by atoms with E-state index in [2.05, 4.69) is 15.0 Å². The zero-order valence-corrected chi connectivity index (χ0v) is 15.8. The van der Waals surface area contributed by atoms with Crippen LogP contribution >= 0.6 is 22.6 Å². The van der Waals surface area contributed by atoms with Crippen LogP contribution in [0.15, 0.2) is 41.3 Å². The summed E-state index contributed by atoms with van der Waals surface area (Å²) in [5.41, 5.74) is 0.0216. The van der Waals surface area contributed by atoms with Crippen molar-refractivity contribution < 1.29 is 23.0 Å². The van der Waals surface area contributed by atoms with E-state index in [0.717, 1.165) is 4.40 Å². The molecule has 0 spiro atoms. The van der Waals surface area contributed by atoms with Crippen molar-refractivity contribution in [2.24, 2.45) is 0 Å². The Hall–Kier alpha value is -2.34. The maximum atomic E-state index is 13.7. The Morgan fingerprint density at radius 2 is 2.11 bits per heavy atom. The number of nitrogens with zero attached hydrogens (tertiary/aromatic N) is 2. The zero-order chi connectivity index (χ0) is 19.6. The van der Waals surface area contributed by atoms with Crippen molar-refractivity contribution >= 4 is 39.7 Å². The molecule has 0 aliphatic heterocycles. The number of fused-ring (bicyclic) bond motifs is 1. The van der Waals surface area contributed by atoms with E-state index in [1.807, 2.05) is 22.6 Å². The van der Waals surface area contributed by atoms with Crippen LogP contribution in [0.4, 0.5) is 24.7 Å².